The summed E-state index contributed by atoms with van der Waals surface area (Å²) in [5, 5.41) is 10.7. The molecule has 6 nitrogen and oxygen atoms in total. The molecule has 0 spiro atoms. The molecule has 0 aliphatic carbocycles. The lowest BCUT2D eigenvalue weighted by atomic mass is 9.13. The molecule has 0 radical (unpaired) electrons. The summed E-state index contributed by atoms with van der Waals surface area (Å²) in [4.78, 5) is 10.3. The molecular formula is C38H44BN4O2P. The van der Waals surface area contributed by atoms with E-state index in [1.54, 1.807) is 12.1 Å². The molecule has 0 aliphatic rings. The second kappa shape index (κ2) is 15.8. The fourth-order valence-corrected chi connectivity index (χ4v) is 9.81. The van der Waals surface area contributed by atoms with Crippen molar-refractivity contribution in [2.75, 3.05) is 42.3 Å². The number of nitrogens with zero attached hydrogens (tertiary/aromatic N) is 4. The Morgan fingerprint density at radius 2 is 0.826 bits per heavy atom. The van der Waals surface area contributed by atoms with Gasteiger partial charge >= 0.3 is 0 Å². The summed E-state index contributed by atoms with van der Waals surface area (Å²) < 4.78 is 6.65. The molecule has 0 N–H and O–H groups in total. The van der Waals surface area contributed by atoms with E-state index in [1.165, 1.54) is 34.0 Å². The van der Waals surface area contributed by atoms with Gasteiger partial charge in [0.05, 0.1) is 4.92 Å². The van der Waals surface area contributed by atoms with Crippen LogP contribution >= 0.6 is 7.71 Å². The maximum absolute atomic E-state index is 10.7. The largest absolute Gasteiger partial charge is 0.269 e. The van der Waals surface area contributed by atoms with Crippen LogP contribution < -0.4 is 21.9 Å². The van der Waals surface area contributed by atoms with E-state index in [9.17, 15) is 10.1 Å². The highest BCUT2D eigenvalue weighted by Gasteiger charge is 2.45. The van der Waals surface area contributed by atoms with E-state index in [0.717, 1.165) is 5.56 Å². The summed E-state index contributed by atoms with van der Waals surface area (Å²) in [5.41, 5.74) is 6.42. The van der Waals surface area contributed by atoms with Gasteiger partial charge in [0, 0.05) is 54.4 Å². The number of nitro groups is 1. The molecule has 0 aliphatic heterocycles. The SMILES string of the molecule is CN(C)[P+](/C=C/c1ccc([N+](=O)[O-])cc1)(N(C)C)N(C)C.c1ccc([B-](c2ccccc2)(c2ccccc2)c2ccccc2)cc1. The van der Waals surface area contributed by atoms with Gasteiger partial charge in [-0.15, -0.1) is 0 Å². The Balaban J connectivity index is 0.000000213. The van der Waals surface area contributed by atoms with E-state index in [4.69, 9.17) is 0 Å². The van der Waals surface area contributed by atoms with Gasteiger partial charge in [-0.25, -0.2) is 0 Å². The van der Waals surface area contributed by atoms with Crippen molar-refractivity contribution in [3.05, 3.63) is 167 Å². The van der Waals surface area contributed by atoms with E-state index in [1.807, 2.05) is 6.08 Å². The highest BCUT2D eigenvalue weighted by Crippen LogP contribution is 2.65. The summed E-state index contributed by atoms with van der Waals surface area (Å²) in [5.74, 6) is 2.19. The van der Waals surface area contributed by atoms with E-state index < -0.39 is 13.9 Å². The monoisotopic (exact) mass is 630 g/mol. The van der Waals surface area contributed by atoms with Gasteiger partial charge in [0.15, 0.2) is 0 Å². The fourth-order valence-electron chi connectivity index (χ4n) is 6.49. The third-order valence-corrected chi connectivity index (χ3v) is 12.6. The lowest BCUT2D eigenvalue weighted by molar-refractivity contribution is -0.384. The molecular weight excluding hydrogens is 586 g/mol. The van der Waals surface area contributed by atoms with Crippen molar-refractivity contribution in [3.63, 3.8) is 0 Å². The Morgan fingerprint density at radius 1 is 0.522 bits per heavy atom. The minimum Gasteiger partial charge on any atom is -0.258 e. The summed E-state index contributed by atoms with van der Waals surface area (Å²) in [7, 11) is 10.7. The van der Waals surface area contributed by atoms with Gasteiger partial charge in [-0.1, -0.05) is 121 Å². The smallest absolute Gasteiger partial charge is 0.258 e. The standard InChI is InChI=1S/C24H20B.C14H24N4O2P/c1-5-13-21(14-6-1)25(22-15-7-2-8-16-22,23-17-9-3-10-18-23)24-19-11-4-12-20-24;1-15(2)21(16(3)4,17(5)6)12-11-13-7-9-14(10-8-13)18(19)20/h1-20H;7-12H,1-6H3/q-1;+1/b;12-11+. The number of hydrogen-bond acceptors (Lipinski definition) is 5. The van der Waals surface area contributed by atoms with Crippen molar-refractivity contribution in [2.45, 2.75) is 0 Å². The number of rotatable bonds is 10. The molecule has 0 fully saturated rings. The van der Waals surface area contributed by atoms with Gasteiger partial charge in [-0.05, 0) is 23.8 Å². The average Bonchev–Trinajstić information content (AvgIpc) is 3.07. The highest BCUT2D eigenvalue weighted by atomic mass is 31.2. The first-order valence-electron chi connectivity index (χ1n) is 15.4. The molecule has 0 amide bonds. The molecule has 5 aromatic rings. The van der Waals surface area contributed by atoms with Crippen LogP contribution in [0, 0.1) is 10.1 Å². The van der Waals surface area contributed by atoms with Crippen LogP contribution in [0.5, 0.6) is 0 Å². The van der Waals surface area contributed by atoms with Crippen LogP contribution in [0.3, 0.4) is 0 Å². The molecule has 0 bridgehead atoms. The zero-order valence-corrected chi connectivity index (χ0v) is 28.5. The molecule has 5 aromatic carbocycles. The fraction of sp³-hybridized carbons (Fsp3) is 0.158. The lowest BCUT2D eigenvalue weighted by Crippen LogP contribution is -2.74. The molecule has 0 aromatic heterocycles. The van der Waals surface area contributed by atoms with Crippen molar-refractivity contribution in [3.8, 4) is 0 Å². The topological polar surface area (TPSA) is 52.9 Å². The van der Waals surface area contributed by atoms with Gasteiger partial charge in [0.1, 0.15) is 12.0 Å². The number of benzene rings is 5. The molecule has 0 heterocycles. The molecule has 0 saturated carbocycles. The Kier molecular flexibility index (Phi) is 11.8. The predicted octanol–water partition coefficient (Wildman–Crippen LogP) is 6.08. The molecule has 0 unspecified atom stereocenters. The van der Waals surface area contributed by atoms with Crippen molar-refractivity contribution in [1.29, 1.82) is 0 Å². The van der Waals surface area contributed by atoms with Crippen LogP contribution in [0.25, 0.3) is 6.08 Å². The first kappa shape index (κ1) is 34.5. The zero-order valence-electron chi connectivity index (χ0n) is 27.6. The Hall–Kier alpha value is -4.39. The van der Waals surface area contributed by atoms with Crippen LogP contribution in [-0.2, 0) is 0 Å². The van der Waals surface area contributed by atoms with Gasteiger partial charge in [-0.3, -0.25) is 10.1 Å². The highest BCUT2D eigenvalue weighted by molar-refractivity contribution is 7.72. The number of nitro benzene ring substituents is 1. The second-order valence-corrected chi connectivity index (χ2v) is 15.8. The molecule has 0 saturated heterocycles. The maximum Gasteiger partial charge on any atom is 0.269 e. The first-order valence-corrected chi connectivity index (χ1v) is 17.1. The minimum atomic E-state index is -1.72. The van der Waals surface area contributed by atoms with Crippen molar-refractivity contribution in [2.24, 2.45) is 0 Å². The Bertz CT molecular complexity index is 1500. The van der Waals surface area contributed by atoms with Crippen LogP contribution in [0.2, 0.25) is 0 Å². The molecule has 5 rings (SSSR count). The van der Waals surface area contributed by atoms with E-state index in [-0.39, 0.29) is 10.6 Å². The lowest BCUT2D eigenvalue weighted by Gasteiger charge is -2.44. The zero-order chi connectivity index (χ0) is 33.2. The summed E-state index contributed by atoms with van der Waals surface area (Å²) >= 11 is 0. The van der Waals surface area contributed by atoms with Crippen LogP contribution in [-0.4, -0.2) is 67.4 Å². The van der Waals surface area contributed by atoms with Gasteiger partial charge in [0.2, 0.25) is 0 Å². The second-order valence-electron chi connectivity index (χ2n) is 11.8. The first-order chi connectivity index (χ1) is 22.1. The third-order valence-electron chi connectivity index (χ3n) is 8.54. The average molecular weight is 631 g/mol. The van der Waals surface area contributed by atoms with Crippen molar-refractivity contribution < 1.29 is 4.92 Å². The number of non-ortho nitro benzene ring substituents is 1. The third kappa shape index (κ3) is 7.36. The minimum absolute atomic E-state index is 0.112. The van der Waals surface area contributed by atoms with E-state index in [2.05, 4.69) is 183 Å². The molecule has 0 atom stereocenters. The van der Waals surface area contributed by atoms with E-state index in [0.29, 0.717) is 0 Å². The van der Waals surface area contributed by atoms with Crippen LogP contribution in [0.1, 0.15) is 5.56 Å². The van der Waals surface area contributed by atoms with E-state index >= 15 is 0 Å². The van der Waals surface area contributed by atoms with Crippen molar-refractivity contribution in [1.82, 2.24) is 14.0 Å². The molecule has 236 valence electrons. The van der Waals surface area contributed by atoms with Crippen LogP contribution in [0.15, 0.2) is 151 Å². The van der Waals surface area contributed by atoms with Crippen LogP contribution in [0.4, 0.5) is 5.69 Å². The summed E-state index contributed by atoms with van der Waals surface area (Å²) in [6.07, 6.45) is 0.810. The molecule has 46 heavy (non-hydrogen) atoms. The normalized spacial score (nSPS) is 11.9. The quantitative estimate of drug-likeness (QED) is 0.0811. The van der Waals surface area contributed by atoms with Gasteiger partial charge < -0.3 is 0 Å². The Labute approximate surface area is 275 Å². The number of hydrogen-bond donors (Lipinski definition) is 0. The van der Waals surface area contributed by atoms with Crippen molar-refractivity contribution >= 4 is 47.5 Å². The maximum atomic E-state index is 10.7. The predicted molar refractivity (Wildman–Crippen MR) is 200 cm³/mol. The summed E-state index contributed by atoms with van der Waals surface area (Å²) in [6, 6.07) is 50.1. The van der Waals surface area contributed by atoms with Gasteiger partial charge in [-0.2, -0.15) is 35.9 Å². The Morgan fingerprint density at radius 3 is 1.09 bits per heavy atom. The summed E-state index contributed by atoms with van der Waals surface area (Å²) in [6.45, 7) is 0. The van der Waals surface area contributed by atoms with Gasteiger partial charge in [0.25, 0.3) is 13.4 Å². The molecule has 8 heteroatoms.